The fourth-order valence-electron chi connectivity index (χ4n) is 1.17. The lowest BCUT2D eigenvalue weighted by atomic mass is 10.3. The minimum Gasteiger partial charge on any atom is -0.497 e. The molecule has 0 amide bonds. The predicted molar refractivity (Wildman–Crippen MR) is 68.9 cm³/mol. The molecule has 0 bridgehead atoms. The molecular formula is C11H15ClO5S. The molecule has 5 nitrogen and oxygen atoms in total. The smallest absolute Gasteiger partial charge is 0.234 e. The van der Waals surface area contributed by atoms with Gasteiger partial charge in [0.15, 0.2) is 0 Å². The fourth-order valence-corrected chi connectivity index (χ4v) is 1.68. The van der Waals surface area contributed by atoms with E-state index in [0.29, 0.717) is 24.7 Å². The molecule has 1 aromatic rings. The molecule has 0 radical (unpaired) electrons. The Hall–Kier alpha value is -0.980. The Morgan fingerprint density at radius 1 is 1.17 bits per heavy atom. The molecular weight excluding hydrogens is 280 g/mol. The van der Waals surface area contributed by atoms with Crippen molar-refractivity contribution in [1.82, 2.24) is 0 Å². The summed E-state index contributed by atoms with van der Waals surface area (Å²) in [6.45, 7) is 0.687. The van der Waals surface area contributed by atoms with E-state index in [4.69, 9.17) is 24.9 Å². The van der Waals surface area contributed by atoms with Gasteiger partial charge in [0.1, 0.15) is 18.1 Å². The van der Waals surface area contributed by atoms with E-state index in [9.17, 15) is 8.42 Å². The van der Waals surface area contributed by atoms with Crippen LogP contribution in [0.2, 0.25) is 0 Å². The topological polar surface area (TPSA) is 61.8 Å². The standard InChI is InChI=1S/C11H15ClO5S/c1-15-10-3-2-4-11(9-10)17-6-5-16-7-8-18(12,13)14/h2-4,9H,5-8H2,1H3. The first-order valence-corrected chi connectivity index (χ1v) is 7.76. The van der Waals surface area contributed by atoms with Crippen molar-refractivity contribution in [1.29, 1.82) is 0 Å². The number of ether oxygens (including phenoxy) is 3. The zero-order valence-electron chi connectivity index (χ0n) is 9.97. The zero-order valence-corrected chi connectivity index (χ0v) is 11.5. The first-order chi connectivity index (χ1) is 8.51. The van der Waals surface area contributed by atoms with Gasteiger partial charge in [0, 0.05) is 16.7 Å². The lowest BCUT2D eigenvalue weighted by molar-refractivity contribution is 0.111. The van der Waals surface area contributed by atoms with Crippen LogP contribution in [0.3, 0.4) is 0 Å². The van der Waals surface area contributed by atoms with Gasteiger partial charge in [-0.05, 0) is 12.1 Å². The number of benzene rings is 1. The van der Waals surface area contributed by atoms with E-state index in [0.717, 1.165) is 0 Å². The van der Waals surface area contributed by atoms with Crippen LogP contribution in [0.25, 0.3) is 0 Å². The van der Waals surface area contributed by atoms with Crippen molar-refractivity contribution in [2.24, 2.45) is 0 Å². The summed E-state index contributed by atoms with van der Waals surface area (Å²) in [4.78, 5) is 0. The van der Waals surface area contributed by atoms with E-state index >= 15 is 0 Å². The lowest BCUT2D eigenvalue weighted by Crippen LogP contribution is -2.11. The van der Waals surface area contributed by atoms with Crippen LogP contribution in [-0.2, 0) is 13.8 Å². The van der Waals surface area contributed by atoms with Crippen molar-refractivity contribution >= 4 is 19.7 Å². The summed E-state index contributed by atoms with van der Waals surface area (Å²) >= 11 is 0. The summed E-state index contributed by atoms with van der Waals surface area (Å²) in [5.74, 6) is 1.18. The molecule has 102 valence electrons. The van der Waals surface area contributed by atoms with Crippen LogP contribution >= 0.6 is 10.7 Å². The van der Waals surface area contributed by atoms with E-state index in [1.807, 2.05) is 12.1 Å². The van der Waals surface area contributed by atoms with Gasteiger partial charge >= 0.3 is 0 Å². The van der Waals surface area contributed by atoms with Crippen LogP contribution in [0.4, 0.5) is 0 Å². The lowest BCUT2D eigenvalue weighted by Gasteiger charge is -2.07. The van der Waals surface area contributed by atoms with Gasteiger partial charge in [0.2, 0.25) is 9.05 Å². The third-order valence-electron chi connectivity index (χ3n) is 2.01. The highest BCUT2D eigenvalue weighted by Crippen LogP contribution is 2.18. The van der Waals surface area contributed by atoms with E-state index < -0.39 is 9.05 Å². The molecule has 0 atom stereocenters. The number of halogens is 1. The maximum Gasteiger partial charge on any atom is 0.234 e. The van der Waals surface area contributed by atoms with Gasteiger partial charge < -0.3 is 14.2 Å². The van der Waals surface area contributed by atoms with Gasteiger partial charge in [0.25, 0.3) is 0 Å². The molecule has 0 unspecified atom stereocenters. The second-order valence-corrected chi connectivity index (χ2v) is 6.28. The molecule has 0 aliphatic heterocycles. The van der Waals surface area contributed by atoms with Crippen molar-refractivity contribution < 1.29 is 22.6 Å². The van der Waals surface area contributed by atoms with Gasteiger partial charge in [-0.3, -0.25) is 0 Å². The molecule has 0 saturated heterocycles. The second kappa shape index (κ2) is 7.45. The van der Waals surface area contributed by atoms with Gasteiger partial charge in [-0.2, -0.15) is 0 Å². The molecule has 0 N–H and O–H groups in total. The van der Waals surface area contributed by atoms with Crippen molar-refractivity contribution in [2.45, 2.75) is 0 Å². The largest absolute Gasteiger partial charge is 0.497 e. The third kappa shape index (κ3) is 6.68. The number of rotatable bonds is 8. The molecule has 0 aromatic heterocycles. The minimum absolute atomic E-state index is 0.0628. The van der Waals surface area contributed by atoms with Crippen molar-refractivity contribution in [2.75, 3.05) is 32.7 Å². The van der Waals surface area contributed by atoms with Crippen LogP contribution < -0.4 is 9.47 Å². The molecule has 0 aliphatic rings. The van der Waals surface area contributed by atoms with E-state index in [2.05, 4.69) is 0 Å². The van der Waals surface area contributed by atoms with Crippen LogP contribution in [0.5, 0.6) is 11.5 Å². The van der Waals surface area contributed by atoms with Crippen molar-refractivity contribution in [3.8, 4) is 11.5 Å². The van der Waals surface area contributed by atoms with Crippen molar-refractivity contribution in [3.05, 3.63) is 24.3 Å². The van der Waals surface area contributed by atoms with E-state index in [1.54, 1.807) is 19.2 Å². The molecule has 0 aliphatic carbocycles. The molecule has 1 aromatic carbocycles. The molecule has 0 fully saturated rings. The summed E-state index contributed by atoms with van der Waals surface area (Å²) in [7, 11) is 3.12. The van der Waals surface area contributed by atoms with Crippen LogP contribution in [-0.4, -0.2) is 41.1 Å². The van der Waals surface area contributed by atoms with Crippen LogP contribution in [0, 0.1) is 0 Å². The zero-order chi connectivity index (χ0) is 13.4. The summed E-state index contributed by atoms with van der Waals surface area (Å²) in [5.41, 5.74) is 0. The molecule has 0 saturated carbocycles. The summed E-state index contributed by atoms with van der Waals surface area (Å²) < 4.78 is 36.7. The Labute approximate surface area is 111 Å². The second-order valence-electron chi connectivity index (χ2n) is 3.38. The van der Waals surface area contributed by atoms with Gasteiger partial charge in [0.05, 0.1) is 26.1 Å². The third-order valence-corrected chi connectivity index (χ3v) is 3.13. The normalized spacial score (nSPS) is 11.2. The minimum atomic E-state index is -3.48. The Morgan fingerprint density at radius 3 is 2.56 bits per heavy atom. The van der Waals surface area contributed by atoms with E-state index in [-0.39, 0.29) is 12.4 Å². The molecule has 7 heteroatoms. The molecule has 1 rings (SSSR count). The number of methoxy groups -OCH3 is 1. The monoisotopic (exact) mass is 294 g/mol. The highest BCUT2D eigenvalue weighted by molar-refractivity contribution is 8.13. The summed E-state index contributed by atoms with van der Waals surface area (Å²) in [6, 6.07) is 7.18. The maximum atomic E-state index is 10.6. The first-order valence-electron chi connectivity index (χ1n) is 5.28. The van der Waals surface area contributed by atoms with Gasteiger partial charge in [-0.15, -0.1) is 0 Å². The SMILES string of the molecule is COc1cccc(OCCOCCS(=O)(=O)Cl)c1. The summed E-state index contributed by atoms with van der Waals surface area (Å²) in [6.07, 6.45) is 0. The summed E-state index contributed by atoms with van der Waals surface area (Å²) in [5, 5.41) is 0. The van der Waals surface area contributed by atoms with Crippen LogP contribution in [0.1, 0.15) is 0 Å². The first kappa shape index (κ1) is 15.1. The molecule has 0 heterocycles. The highest BCUT2D eigenvalue weighted by Gasteiger charge is 2.04. The average Bonchev–Trinajstić information content (AvgIpc) is 2.32. The van der Waals surface area contributed by atoms with Crippen LogP contribution in [0.15, 0.2) is 24.3 Å². The van der Waals surface area contributed by atoms with E-state index in [1.165, 1.54) is 0 Å². The molecule has 18 heavy (non-hydrogen) atoms. The fraction of sp³-hybridized carbons (Fsp3) is 0.455. The Bertz CT molecular complexity index is 460. The Morgan fingerprint density at radius 2 is 1.89 bits per heavy atom. The average molecular weight is 295 g/mol. The number of hydrogen-bond acceptors (Lipinski definition) is 5. The Balaban J connectivity index is 2.18. The van der Waals surface area contributed by atoms with Gasteiger partial charge in [-0.1, -0.05) is 6.07 Å². The Kier molecular flexibility index (Phi) is 6.24. The van der Waals surface area contributed by atoms with Crippen molar-refractivity contribution in [3.63, 3.8) is 0 Å². The highest BCUT2D eigenvalue weighted by atomic mass is 35.7. The predicted octanol–water partition coefficient (Wildman–Crippen LogP) is 1.66. The maximum absolute atomic E-state index is 10.6. The number of hydrogen-bond donors (Lipinski definition) is 0. The van der Waals surface area contributed by atoms with Gasteiger partial charge in [-0.25, -0.2) is 8.42 Å². The quantitative estimate of drug-likeness (QED) is 0.539. The molecule has 0 spiro atoms.